The van der Waals surface area contributed by atoms with Crippen molar-refractivity contribution in [3.05, 3.63) is 11.1 Å². The van der Waals surface area contributed by atoms with E-state index in [1.165, 1.54) is 30.6 Å². The van der Waals surface area contributed by atoms with E-state index in [9.17, 15) is 4.79 Å². The molecular formula is C13H21N3O2S. The van der Waals surface area contributed by atoms with Gasteiger partial charge in [0.1, 0.15) is 0 Å². The molecule has 0 radical (unpaired) electrons. The maximum atomic E-state index is 11.6. The van der Waals surface area contributed by atoms with E-state index in [2.05, 4.69) is 21.9 Å². The maximum absolute atomic E-state index is 11.6. The number of ether oxygens (including phenoxy) is 1. The van der Waals surface area contributed by atoms with E-state index in [1.807, 2.05) is 0 Å². The van der Waals surface area contributed by atoms with Crippen LogP contribution in [0.1, 0.15) is 43.6 Å². The number of hydrogen-bond acceptors (Lipinski definition) is 6. The number of hydrazine groups is 1. The van der Waals surface area contributed by atoms with Crippen LogP contribution in [0.15, 0.2) is 5.38 Å². The van der Waals surface area contributed by atoms with Crippen molar-refractivity contribution in [2.45, 2.75) is 33.1 Å². The SMILES string of the molecule is CCOC(=O)c1csc(N(CC)N2CCCCC2)n1. The smallest absolute Gasteiger partial charge is 0.357 e. The molecule has 0 bridgehead atoms. The van der Waals surface area contributed by atoms with Crippen molar-refractivity contribution in [1.82, 2.24) is 9.99 Å². The second kappa shape index (κ2) is 6.86. The van der Waals surface area contributed by atoms with Crippen molar-refractivity contribution in [1.29, 1.82) is 0 Å². The summed E-state index contributed by atoms with van der Waals surface area (Å²) in [5, 5.41) is 7.16. The Kier molecular flexibility index (Phi) is 5.15. The lowest BCUT2D eigenvalue weighted by atomic mass is 10.2. The number of carbonyl (C=O) groups excluding carboxylic acids is 1. The van der Waals surface area contributed by atoms with Crippen LogP contribution in [0, 0.1) is 0 Å². The van der Waals surface area contributed by atoms with Crippen LogP contribution < -0.4 is 5.01 Å². The summed E-state index contributed by atoms with van der Waals surface area (Å²) in [6, 6.07) is 0. The minimum absolute atomic E-state index is 0.334. The molecule has 0 amide bonds. The summed E-state index contributed by atoms with van der Waals surface area (Å²) in [6.45, 7) is 7.31. The fourth-order valence-electron chi connectivity index (χ4n) is 2.26. The summed E-state index contributed by atoms with van der Waals surface area (Å²) >= 11 is 1.50. The number of hydrogen-bond donors (Lipinski definition) is 0. The van der Waals surface area contributed by atoms with Gasteiger partial charge < -0.3 is 4.74 Å². The normalized spacial score (nSPS) is 16.3. The van der Waals surface area contributed by atoms with Crippen LogP contribution in [0.4, 0.5) is 5.13 Å². The molecule has 2 heterocycles. The van der Waals surface area contributed by atoms with Crippen molar-refractivity contribution >= 4 is 22.4 Å². The third-order valence-electron chi connectivity index (χ3n) is 3.17. The average Bonchev–Trinajstić information content (AvgIpc) is 2.91. The monoisotopic (exact) mass is 283 g/mol. The number of piperidine rings is 1. The predicted octanol–water partition coefficient (Wildman–Crippen LogP) is 2.55. The van der Waals surface area contributed by atoms with Gasteiger partial charge in [-0.15, -0.1) is 11.3 Å². The molecule has 0 N–H and O–H groups in total. The van der Waals surface area contributed by atoms with Crippen LogP contribution in [-0.4, -0.2) is 42.2 Å². The average molecular weight is 283 g/mol. The summed E-state index contributed by atoms with van der Waals surface area (Å²) in [6.07, 6.45) is 3.76. The van der Waals surface area contributed by atoms with E-state index in [4.69, 9.17) is 4.74 Å². The molecule has 6 heteroatoms. The van der Waals surface area contributed by atoms with Gasteiger partial charge in [0.05, 0.1) is 6.61 Å². The highest BCUT2D eigenvalue weighted by atomic mass is 32.1. The van der Waals surface area contributed by atoms with E-state index < -0.39 is 0 Å². The van der Waals surface area contributed by atoms with Gasteiger partial charge in [-0.05, 0) is 26.7 Å². The van der Waals surface area contributed by atoms with Gasteiger partial charge in [-0.2, -0.15) is 0 Å². The number of nitrogens with zero attached hydrogens (tertiary/aromatic N) is 3. The first kappa shape index (κ1) is 14.3. The number of aromatic nitrogens is 1. The van der Waals surface area contributed by atoms with Crippen molar-refractivity contribution in [3.63, 3.8) is 0 Å². The van der Waals surface area contributed by atoms with Crippen molar-refractivity contribution < 1.29 is 9.53 Å². The lowest BCUT2D eigenvalue weighted by Gasteiger charge is -2.36. The van der Waals surface area contributed by atoms with Crippen LogP contribution >= 0.6 is 11.3 Å². The van der Waals surface area contributed by atoms with Gasteiger partial charge in [-0.1, -0.05) is 6.42 Å². The summed E-state index contributed by atoms with van der Waals surface area (Å²) < 4.78 is 4.97. The van der Waals surface area contributed by atoms with Gasteiger partial charge in [-0.3, -0.25) is 5.01 Å². The zero-order valence-electron chi connectivity index (χ0n) is 11.6. The molecule has 1 aromatic heterocycles. The van der Waals surface area contributed by atoms with Crippen LogP contribution in [-0.2, 0) is 4.74 Å². The van der Waals surface area contributed by atoms with Crippen molar-refractivity contribution in [3.8, 4) is 0 Å². The molecule has 2 rings (SSSR count). The van der Waals surface area contributed by atoms with E-state index in [1.54, 1.807) is 12.3 Å². The molecule has 1 aromatic rings. The first-order valence-electron chi connectivity index (χ1n) is 6.91. The van der Waals surface area contributed by atoms with Crippen molar-refractivity contribution in [2.75, 3.05) is 31.3 Å². The molecule has 0 unspecified atom stereocenters. The lowest BCUT2D eigenvalue weighted by molar-refractivity contribution is 0.0520. The van der Waals surface area contributed by atoms with Crippen LogP contribution in [0.5, 0.6) is 0 Å². The predicted molar refractivity (Wildman–Crippen MR) is 76.5 cm³/mol. The van der Waals surface area contributed by atoms with Crippen LogP contribution in [0.3, 0.4) is 0 Å². The van der Waals surface area contributed by atoms with Crippen LogP contribution in [0.2, 0.25) is 0 Å². The third kappa shape index (κ3) is 3.45. The highest BCUT2D eigenvalue weighted by Gasteiger charge is 2.21. The second-order valence-corrected chi connectivity index (χ2v) is 5.30. The summed E-state index contributed by atoms with van der Waals surface area (Å²) in [7, 11) is 0. The molecule has 1 aliphatic rings. The zero-order valence-corrected chi connectivity index (χ0v) is 12.4. The third-order valence-corrected chi connectivity index (χ3v) is 4.02. The summed E-state index contributed by atoms with van der Waals surface area (Å²) in [4.78, 5) is 16.0. The highest BCUT2D eigenvalue weighted by molar-refractivity contribution is 7.13. The highest BCUT2D eigenvalue weighted by Crippen LogP contribution is 2.24. The molecule has 0 saturated carbocycles. The van der Waals surface area contributed by atoms with Gasteiger partial charge in [0.2, 0.25) is 5.13 Å². The topological polar surface area (TPSA) is 45.7 Å². The number of anilines is 1. The van der Waals surface area contributed by atoms with Crippen molar-refractivity contribution in [2.24, 2.45) is 0 Å². The van der Waals surface area contributed by atoms with E-state index in [-0.39, 0.29) is 5.97 Å². The Bertz CT molecular complexity index is 416. The molecule has 0 aromatic carbocycles. The quantitative estimate of drug-likeness (QED) is 0.777. The van der Waals surface area contributed by atoms with E-state index in [0.717, 1.165) is 24.8 Å². The van der Waals surface area contributed by atoms with Gasteiger partial charge in [0, 0.05) is 25.0 Å². The standard InChI is InChI=1S/C13H21N3O2S/c1-3-16(15-8-6-5-7-9-15)13-14-11(10-19-13)12(17)18-4-2/h10H,3-9H2,1-2H3. The van der Waals surface area contributed by atoms with E-state index in [0.29, 0.717) is 12.3 Å². The molecule has 1 fully saturated rings. The molecule has 0 spiro atoms. The fraction of sp³-hybridized carbons (Fsp3) is 0.692. The number of carbonyl (C=O) groups is 1. The Hall–Kier alpha value is -1.14. The Morgan fingerprint density at radius 1 is 1.42 bits per heavy atom. The first-order valence-corrected chi connectivity index (χ1v) is 7.79. The Morgan fingerprint density at radius 3 is 2.79 bits per heavy atom. The van der Waals surface area contributed by atoms with E-state index >= 15 is 0 Å². The van der Waals surface area contributed by atoms with Gasteiger partial charge in [0.25, 0.3) is 0 Å². The Balaban J connectivity index is 2.08. The van der Waals surface area contributed by atoms with Gasteiger partial charge in [-0.25, -0.2) is 14.8 Å². The van der Waals surface area contributed by atoms with Crippen LogP contribution in [0.25, 0.3) is 0 Å². The molecule has 5 nitrogen and oxygen atoms in total. The lowest BCUT2D eigenvalue weighted by Crippen LogP contribution is -2.45. The molecule has 19 heavy (non-hydrogen) atoms. The summed E-state index contributed by atoms with van der Waals surface area (Å²) in [5.41, 5.74) is 0.414. The molecule has 0 atom stereocenters. The molecule has 106 valence electrons. The second-order valence-electron chi connectivity index (χ2n) is 4.47. The largest absolute Gasteiger partial charge is 0.461 e. The number of esters is 1. The molecule has 1 aliphatic heterocycles. The Labute approximate surface area is 118 Å². The number of thiazole rings is 1. The number of rotatable bonds is 5. The molecular weight excluding hydrogens is 262 g/mol. The maximum Gasteiger partial charge on any atom is 0.357 e. The zero-order chi connectivity index (χ0) is 13.7. The Morgan fingerprint density at radius 2 is 2.16 bits per heavy atom. The minimum atomic E-state index is -0.334. The van der Waals surface area contributed by atoms with Gasteiger partial charge in [0.15, 0.2) is 5.69 Å². The molecule has 0 aliphatic carbocycles. The minimum Gasteiger partial charge on any atom is -0.461 e. The summed E-state index contributed by atoms with van der Waals surface area (Å²) in [5.74, 6) is -0.334. The van der Waals surface area contributed by atoms with Gasteiger partial charge >= 0.3 is 5.97 Å². The fourth-order valence-corrected chi connectivity index (χ4v) is 3.14. The molecule has 1 saturated heterocycles. The first-order chi connectivity index (χ1) is 9.26.